The first-order valence-corrected chi connectivity index (χ1v) is 6.63. The maximum absolute atomic E-state index is 11.5. The van der Waals surface area contributed by atoms with Gasteiger partial charge in [-0.3, -0.25) is 9.78 Å². The molecule has 1 aliphatic heterocycles. The lowest BCUT2D eigenvalue weighted by atomic mass is 10.2. The molecule has 17 heavy (non-hydrogen) atoms. The van der Waals surface area contributed by atoms with Gasteiger partial charge >= 0.3 is 0 Å². The van der Waals surface area contributed by atoms with Crippen molar-refractivity contribution in [3.63, 3.8) is 0 Å². The molecule has 1 aromatic rings. The summed E-state index contributed by atoms with van der Waals surface area (Å²) < 4.78 is 0.960. The summed E-state index contributed by atoms with van der Waals surface area (Å²) in [5.74, 6) is 0.238. The third kappa shape index (κ3) is 3.19. The summed E-state index contributed by atoms with van der Waals surface area (Å²) in [5, 5.41) is 3.40. The number of halogens is 1. The minimum absolute atomic E-state index is 0.238. The van der Waals surface area contributed by atoms with Crippen LogP contribution < -0.4 is 5.32 Å². The van der Waals surface area contributed by atoms with Crippen molar-refractivity contribution in [3.8, 4) is 0 Å². The lowest BCUT2D eigenvalue weighted by Crippen LogP contribution is -2.30. The van der Waals surface area contributed by atoms with E-state index in [0.717, 1.165) is 29.7 Å². The number of hydrogen-bond acceptors (Lipinski definition) is 3. The summed E-state index contributed by atoms with van der Waals surface area (Å²) in [6.45, 7) is 3.55. The molecule has 1 fully saturated rings. The van der Waals surface area contributed by atoms with Crippen molar-refractivity contribution in [1.82, 2.24) is 9.88 Å². The predicted molar refractivity (Wildman–Crippen MR) is 70.8 cm³/mol. The van der Waals surface area contributed by atoms with Crippen molar-refractivity contribution in [3.05, 3.63) is 22.9 Å². The summed E-state index contributed by atoms with van der Waals surface area (Å²) in [6, 6.07) is 2.33. The Hall–Kier alpha value is -1.10. The second-order valence-electron chi connectivity index (χ2n) is 4.22. The molecule has 1 aliphatic rings. The van der Waals surface area contributed by atoms with Gasteiger partial charge in [0.1, 0.15) is 0 Å². The fraction of sp³-hybridized carbons (Fsp3) is 0.500. The Labute approximate surface area is 110 Å². The molecule has 0 radical (unpaired) electrons. The minimum Gasteiger partial charge on any atom is -0.379 e. The summed E-state index contributed by atoms with van der Waals surface area (Å²) in [6.07, 6.45) is 5.14. The summed E-state index contributed by atoms with van der Waals surface area (Å²) in [4.78, 5) is 17.6. The highest BCUT2D eigenvalue weighted by Crippen LogP contribution is 2.18. The molecule has 1 aromatic heterocycles. The normalized spacial score (nSPS) is 19.4. The van der Waals surface area contributed by atoms with Crippen LogP contribution in [-0.2, 0) is 4.79 Å². The van der Waals surface area contributed by atoms with Gasteiger partial charge in [-0.2, -0.15) is 0 Å². The number of carbonyl (C=O) groups is 1. The van der Waals surface area contributed by atoms with Crippen LogP contribution in [0.3, 0.4) is 0 Å². The Morgan fingerprint density at radius 2 is 2.47 bits per heavy atom. The van der Waals surface area contributed by atoms with Crippen LogP contribution in [0.2, 0.25) is 0 Å². The second-order valence-corrected chi connectivity index (χ2v) is 5.13. The van der Waals surface area contributed by atoms with Crippen molar-refractivity contribution in [1.29, 1.82) is 0 Å². The standard InChI is InChI=1S/C12H16BrN3O/c1-2-12(17)16-4-3-10(8-16)15-11-5-9(13)6-14-7-11/h5-7,10,15H,2-4,8H2,1H3. The first-order valence-electron chi connectivity index (χ1n) is 5.84. The first kappa shape index (κ1) is 12.4. The van der Waals surface area contributed by atoms with Crippen molar-refractivity contribution >= 4 is 27.5 Å². The Kier molecular flexibility index (Phi) is 3.99. The highest BCUT2D eigenvalue weighted by Gasteiger charge is 2.24. The van der Waals surface area contributed by atoms with E-state index in [4.69, 9.17) is 0 Å². The quantitative estimate of drug-likeness (QED) is 0.931. The number of anilines is 1. The molecule has 5 heteroatoms. The third-order valence-corrected chi connectivity index (χ3v) is 3.35. The summed E-state index contributed by atoms with van der Waals surface area (Å²) in [5.41, 5.74) is 0.996. The van der Waals surface area contributed by atoms with E-state index >= 15 is 0 Å². The number of nitrogens with zero attached hydrogens (tertiary/aromatic N) is 2. The van der Waals surface area contributed by atoms with E-state index in [1.165, 1.54) is 0 Å². The molecular weight excluding hydrogens is 282 g/mol. The number of likely N-dealkylation sites (tertiary alicyclic amines) is 1. The number of nitrogens with one attached hydrogen (secondary N) is 1. The van der Waals surface area contributed by atoms with E-state index in [9.17, 15) is 4.79 Å². The van der Waals surface area contributed by atoms with Gasteiger partial charge in [-0.05, 0) is 28.4 Å². The highest BCUT2D eigenvalue weighted by atomic mass is 79.9. The number of hydrogen-bond donors (Lipinski definition) is 1. The van der Waals surface area contributed by atoms with E-state index < -0.39 is 0 Å². The average molecular weight is 298 g/mol. The van der Waals surface area contributed by atoms with Crippen LogP contribution in [-0.4, -0.2) is 34.9 Å². The number of amides is 1. The fourth-order valence-electron chi connectivity index (χ4n) is 2.05. The average Bonchev–Trinajstić information content (AvgIpc) is 2.76. The molecule has 0 aromatic carbocycles. The summed E-state index contributed by atoms with van der Waals surface area (Å²) in [7, 11) is 0. The van der Waals surface area contributed by atoms with Gasteiger partial charge in [0, 0.05) is 36.2 Å². The monoisotopic (exact) mass is 297 g/mol. The molecule has 0 bridgehead atoms. The van der Waals surface area contributed by atoms with Gasteiger partial charge in [0.2, 0.25) is 5.91 Å². The molecule has 2 rings (SSSR count). The molecule has 1 atom stereocenters. The van der Waals surface area contributed by atoms with Gasteiger partial charge in [-0.1, -0.05) is 6.92 Å². The van der Waals surface area contributed by atoms with Gasteiger partial charge in [0.05, 0.1) is 11.9 Å². The topological polar surface area (TPSA) is 45.2 Å². The molecule has 0 spiro atoms. The second kappa shape index (κ2) is 5.49. The van der Waals surface area contributed by atoms with E-state index in [0.29, 0.717) is 12.5 Å². The van der Waals surface area contributed by atoms with Crippen LogP contribution in [0.4, 0.5) is 5.69 Å². The minimum atomic E-state index is 0.238. The Morgan fingerprint density at radius 1 is 1.65 bits per heavy atom. The molecule has 0 saturated carbocycles. The zero-order valence-electron chi connectivity index (χ0n) is 9.82. The van der Waals surface area contributed by atoms with E-state index in [2.05, 4.69) is 26.2 Å². The van der Waals surface area contributed by atoms with Crippen molar-refractivity contribution in [2.24, 2.45) is 0 Å². The van der Waals surface area contributed by atoms with Crippen LogP contribution in [0, 0.1) is 0 Å². The van der Waals surface area contributed by atoms with Crippen LogP contribution in [0.5, 0.6) is 0 Å². The van der Waals surface area contributed by atoms with Crippen molar-refractivity contribution < 1.29 is 4.79 Å². The van der Waals surface area contributed by atoms with Crippen molar-refractivity contribution in [2.75, 3.05) is 18.4 Å². The summed E-state index contributed by atoms with van der Waals surface area (Å²) >= 11 is 3.39. The van der Waals surface area contributed by atoms with Gasteiger partial charge in [-0.15, -0.1) is 0 Å². The number of aromatic nitrogens is 1. The molecule has 1 N–H and O–H groups in total. The highest BCUT2D eigenvalue weighted by molar-refractivity contribution is 9.10. The Bertz CT molecular complexity index is 410. The van der Waals surface area contributed by atoms with E-state index in [1.807, 2.05) is 17.9 Å². The maximum atomic E-state index is 11.5. The lowest BCUT2D eigenvalue weighted by molar-refractivity contribution is -0.129. The third-order valence-electron chi connectivity index (χ3n) is 2.92. The van der Waals surface area contributed by atoms with Gasteiger partial charge < -0.3 is 10.2 Å². The molecule has 1 unspecified atom stereocenters. The predicted octanol–water partition coefficient (Wildman–Crippen LogP) is 2.27. The Balaban J connectivity index is 1.92. The van der Waals surface area contributed by atoms with Crippen LogP contribution in [0.1, 0.15) is 19.8 Å². The Morgan fingerprint density at radius 3 is 3.18 bits per heavy atom. The molecule has 0 aliphatic carbocycles. The smallest absolute Gasteiger partial charge is 0.222 e. The molecule has 92 valence electrons. The van der Waals surface area contributed by atoms with Crippen LogP contribution >= 0.6 is 15.9 Å². The largest absolute Gasteiger partial charge is 0.379 e. The van der Waals surface area contributed by atoms with Gasteiger partial charge in [0.15, 0.2) is 0 Å². The zero-order chi connectivity index (χ0) is 12.3. The molecule has 1 amide bonds. The molecule has 4 nitrogen and oxygen atoms in total. The van der Waals surface area contributed by atoms with Gasteiger partial charge in [-0.25, -0.2) is 0 Å². The molecular formula is C12H16BrN3O. The zero-order valence-corrected chi connectivity index (χ0v) is 11.4. The van der Waals surface area contributed by atoms with E-state index in [-0.39, 0.29) is 5.91 Å². The van der Waals surface area contributed by atoms with Crippen molar-refractivity contribution in [2.45, 2.75) is 25.8 Å². The number of pyridine rings is 1. The van der Waals surface area contributed by atoms with Gasteiger partial charge in [0.25, 0.3) is 0 Å². The van der Waals surface area contributed by atoms with Crippen LogP contribution in [0.25, 0.3) is 0 Å². The SMILES string of the molecule is CCC(=O)N1CCC(Nc2cncc(Br)c2)C1. The first-order chi connectivity index (χ1) is 8.19. The molecule has 2 heterocycles. The fourth-order valence-corrected chi connectivity index (χ4v) is 2.42. The van der Waals surface area contributed by atoms with Crippen LogP contribution in [0.15, 0.2) is 22.9 Å². The maximum Gasteiger partial charge on any atom is 0.222 e. The lowest BCUT2D eigenvalue weighted by Gasteiger charge is -2.16. The van der Waals surface area contributed by atoms with E-state index in [1.54, 1.807) is 12.4 Å². The number of rotatable bonds is 3. The molecule has 1 saturated heterocycles. The number of carbonyl (C=O) groups excluding carboxylic acids is 1.